The molecule has 0 bridgehead atoms. The standard InChI is InChI=1S/C14H16ClN3O2/c1-20-14(19)18-6-4-12(5-7-18)17-13-3-2-11(15)8-10(13)9-16/h2-3,8,12,17H,4-7H2,1H3. The summed E-state index contributed by atoms with van der Waals surface area (Å²) in [5, 5.41) is 13.0. The van der Waals surface area contributed by atoms with E-state index >= 15 is 0 Å². The molecule has 0 aliphatic carbocycles. The molecule has 0 spiro atoms. The van der Waals surface area contributed by atoms with Crippen LogP contribution in [0.3, 0.4) is 0 Å². The van der Waals surface area contributed by atoms with Crippen molar-refractivity contribution in [2.24, 2.45) is 0 Å². The van der Waals surface area contributed by atoms with Crippen LogP contribution < -0.4 is 5.32 Å². The van der Waals surface area contributed by atoms with E-state index in [0.29, 0.717) is 23.7 Å². The van der Waals surface area contributed by atoms with Gasteiger partial charge in [0.05, 0.1) is 18.4 Å². The van der Waals surface area contributed by atoms with E-state index in [4.69, 9.17) is 21.6 Å². The largest absolute Gasteiger partial charge is 0.453 e. The van der Waals surface area contributed by atoms with Crippen molar-refractivity contribution in [1.82, 2.24) is 4.90 Å². The number of carbonyl (C=O) groups is 1. The second-order valence-corrected chi connectivity index (χ2v) is 5.11. The number of carbonyl (C=O) groups excluding carboxylic acids is 1. The van der Waals surface area contributed by atoms with Crippen molar-refractivity contribution in [2.75, 3.05) is 25.5 Å². The molecule has 1 heterocycles. The Labute approximate surface area is 123 Å². The number of benzene rings is 1. The maximum Gasteiger partial charge on any atom is 0.409 e. The first kappa shape index (κ1) is 14.5. The number of hydrogen-bond donors (Lipinski definition) is 1. The third kappa shape index (κ3) is 3.34. The molecule has 0 unspecified atom stereocenters. The quantitative estimate of drug-likeness (QED) is 0.910. The van der Waals surface area contributed by atoms with Crippen molar-refractivity contribution in [3.8, 4) is 6.07 Å². The Hall–Kier alpha value is -1.93. The van der Waals surface area contributed by atoms with Gasteiger partial charge in [0.15, 0.2) is 0 Å². The lowest BCUT2D eigenvalue weighted by Crippen LogP contribution is -2.42. The lowest BCUT2D eigenvalue weighted by molar-refractivity contribution is 0.113. The van der Waals surface area contributed by atoms with Crippen LogP contribution in [0.15, 0.2) is 18.2 Å². The highest BCUT2D eigenvalue weighted by atomic mass is 35.5. The number of nitrogens with zero attached hydrogens (tertiary/aromatic N) is 2. The number of methoxy groups -OCH3 is 1. The Morgan fingerprint density at radius 1 is 1.50 bits per heavy atom. The lowest BCUT2D eigenvalue weighted by atomic mass is 10.0. The Morgan fingerprint density at radius 3 is 2.80 bits per heavy atom. The normalized spacial score (nSPS) is 15.6. The Kier molecular flexibility index (Phi) is 4.70. The first-order chi connectivity index (χ1) is 9.63. The molecule has 1 saturated heterocycles. The van der Waals surface area contributed by atoms with Gasteiger partial charge in [-0.25, -0.2) is 4.79 Å². The molecule has 0 saturated carbocycles. The minimum Gasteiger partial charge on any atom is -0.453 e. The van der Waals surface area contributed by atoms with E-state index in [1.54, 1.807) is 17.0 Å². The minimum absolute atomic E-state index is 0.240. The summed E-state index contributed by atoms with van der Waals surface area (Å²) in [6, 6.07) is 7.59. The van der Waals surface area contributed by atoms with Gasteiger partial charge in [0.1, 0.15) is 6.07 Å². The third-order valence-corrected chi connectivity index (χ3v) is 3.62. The maximum atomic E-state index is 11.4. The zero-order chi connectivity index (χ0) is 14.5. The molecule has 20 heavy (non-hydrogen) atoms. The van der Waals surface area contributed by atoms with Crippen LogP contribution in [0.2, 0.25) is 5.02 Å². The summed E-state index contributed by atoms with van der Waals surface area (Å²) in [5.41, 5.74) is 1.32. The molecule has 1 aliphatic heterocycles. The fraction of sp³-hybridized carbons (Fsp3) is 0.429. The summed E-state index contributed by atoms with van der Waals surface area (Å²) in [5.74, 6) is 0. The van der Waals surface area contributed by atoms with Crippen LogP contribution in [0.5, 0.6) is 0 Å². The van der Waals surface area contributed by atoms with E-state index in [1.165, 1.54) is 7.11 Å². The lowest BCUT2D eigenvalue weighted by Gasteiger charge is -2.32. The number of likely N-dealkylation sites (tertiary alicyclic amines) is 1. The number of amides is 1. The molecule has 1 aromatic rings. The minimum atomic E-state index is -0.285. The number of piperidine rings is 1. The average molecular weight is 294 g/mol. The molecule has 1 N–H and O–H groups in total. The third-order valence-electron chi connectivity index (χ3n) is 3.39. The van der Waals surface area contributed by atoms with E-state index in [2.05, 4.69) is 11.4 Å². The molecule has 1 aliphatic rings. The molecule has 0 radical (unpaired) electrons. The topological polar surface area (TPSA) is 65.4 Å². The number of nitrogens with one attached hydrogen (secondary N) is 1. The SMILES string of the molecule is COC(=O)N1CCC(Nc2ccc(Cl)cc2C#N)CC1. The van der Waals surface area contributed by atoms with Crippen molar-refractivity contribution in [3.63, 3.8) is 0 Å². The molecule has 0 aromatic heterocycles. The second-order valence-electron chi connectivity index (χ2n) is 4.68. The number of hydrogen-bond acceptors (Lipinski definition) is 4. The van der Waals surface area contributed by atoms with Crippen LogP contribution in [0.4, 0.5) is 10.5 Å². The van der Waals surface area contributed by atoms with Crippen molar-refractivity contribution < 1.29 is 9.53 Å². The summed E-state index contributed by atoms with van der Waals surface area (Å²) >= 11 is 5.87. The van der Waals surface area contributed by atoms with Crippen LogP contribution in [-0.4, -0.2) is 37.2 Å². The number of rotatable bonds is 2. The Bertz CT molecular complexity index is 534. The van der Waals surface area contributed by atoms with Gasteiger partial charge >= 0.3 is 6.09 Å². The molecule has 0 atom stereocenters. The van der Waals surface area contributed by atoms with Gasteiger partial charge in [0.2, 0.25) is 0 Å². The molecule has 6 heteroatoms. The van der Waals surface area contributed by atoms with Crippen LogP contribution in [0.25, 0.3) is 0 Å². The van der Waals surface area contributed by atoms with Gasteiger partial charge < -0.3 is 15.0 Å². The molecule has 1 amide bonds. The van der Waals surface area contributed by atoms with E-state index in [-0.39, 0.29) is 12.1 Å². The van der Waals surface area contributed by atoms with Gasteiger partial charge in [-0.15, -0.1) is 0 Å². The maximum absolute atomic E-state index is 11.4. The smallest absolute Gasteiger partial charge is 0.409 e. The van der Waals surface area contributed by atoms with Crippen LogP contribution in [0, 0.1) is 11.3 Å². The van der Waals surface area contributed by atoms with Crippen LogP contribution >= 0.6 is 11.6 Å². The summed E-state index contributed by atoms with van der Waals surface area (Å²) in [4.78, 5) is 13.1. The zero-order valence-electron chi connectivity index (χ0n) is 11.2. The van der Waals surface area contributed by atoms with E-state index < -0.39 is 0 Å². The second kappa shape index (κ2) is 6.49. The van der Waals surface area contributed by atoms with Crippen molar-refractivity contribution >= 4 is 23.4 Å². The van der Waals surface area contributed by atoms with Gasteiger partial charge in [-0.3, -0.25) is 0 Å². The Balaban J connectivity index is 1.96. The summed E-state index contributed by atoms with van der Waals surface area (Å²) in [7, 11) is 1.39. The van der Waals surface area contributed by atoms with Gasteiger partial charge in [-0.1, -0.05) is 11.6 Å². The average Bonchev–Trinajstić information content (AvgIpc) is 2.49. The fourth-order valence-electron chi connectivity index (χ4n) is 2.29. The molecule has 2 rings (SSSR count). The molecule has 1 fully saturated rings. The van der Waals surface area contributed by atoms with Gasteiger partial charge in [0.25, 0.3) is 0 Å². The van der Waals surface area contributed by atoms with E-state index in [0.717, 1.165) is 18.5 Å². The predicted molar refractivity (Wildman–Crippen MR) is 76.8 cm³/mol. The van der Waals surface area contributed by atoms with Crippen LogP contribution in [0.1, 0.15) is 18.4 Å². The predicted octanol–water partition coefficient (Wildman–Crippen LogP) is 2.85. The first-order valence-corrected chi connectivity index (χ1v) is 6.81. The Morgan fingerprint density at radius 2 is 2.20 bits per heavy atom. The number of anilines is 1. The molecule has 5 nitrogen and oxygen atoms in total. The highest BCUT2D eigenvalue weighted by Gasteiger charge is 2.23. The summed E-state index contributed by atoms with van der Waals surface area (Å²) in [6.45, 7) is 1.31. The summed E-state index contributed by atoms with van der Waals surface area (Å²) in [6.07, 6.45) is 1.36. The van der Waals surface area contributed by atoms with Crippen LogP contribution in [-0.2, 0) is 4.74 Å². The first-order valence-electron chi connectivity index (χ1n) is 6.43. The van der Waals surface area contributed by atoms with Crippen molar-refractivity contribution in [1.29, 1.82) is 5.26 Å². The van der Waals surface area contributed by atoms with E-state index in [1.807, 2.05) is 6.07 Å². The molecule has 106 valence electrons. The van der Waals surface area contributed by atoms with Gasteiger partial charge in [-0.05, 0) is 31.0 Å². The monoisotopic (exact) mass is 293 g/mol. The molecular weight excluding hydrogens is 278 g/mol. The molecule has 1 aromatic carbocycles. The van der Waals surface area contributed by atoms with E-state index in [9.17, 15) is 4.79 Å². The van der Waals surface area contributed by atoms with Crippen molar-refractivity contribution in [3.05, 3.63) is 28.8 Å². The zero-order valence-corrected chi connectivity index (χ0v) is 12.0. The number of nitriles is 1. The summed E-state index contributed by atoms with van der Waals surface area (Å²) < 4.78 is 4.70. The highest BCUT2D eigenvalue weighted by Crippen LogP contribution is 2.23. The fourth-order valence-corrected chi connectivity index (χ4v) is 2.46. The number of halogens is 1. The van der Waals surface area contributed by atoms with Gasteiger partial charge in [-0.2, -0.15) is 5.26 Å². The van der Waals surface area contributed by atoms with Gasteiger partial charge in [0, 0.05) is 24.2 Å². The molecular formula is C14H16ClN3O2. The van der Waals surface area contributed by atoms with Crippen molar-refractivity contribution in [2.45, 2.75) is 18.9 Å². The number of ether oxygens (including phenoxy) is 1. The highest BCUT2D eigenvalue weighted by molar-refractivity contribution is 6.30.